The van der Waals surface area contributed by atoms with E-state index in [4.69, 9.17) is 36.8 Å². The van der Waals surface area contributed by atoms with E-state index in [1.165, 1.54) is 7.11 Å². The number of carbonyl (C=O) groups is 1. The fraction of sp³-hybridized carbons (Fsp3) is 0.345. The number of methoxy groups -OCH3 is 1. The molecule has 2 N–H and O–H groups in total. The molecule has 0 amide bonds. The number of ether oxygens (including phenoxy) is 2. The first-order valence-electron chi connectivity index (χ1n) is 13.1. The number of nitrogens with two attached hydrogens (primary N) is 1. The summed E-state index contributed by atoms with van der Waals surface area (Å²) in [5.41, 5.74) is 11.4. The number of nitrogens with zero attached hydrogens (tertiary/aromatic N) is 3. The van der Waals surface area contributed by atoms with Crippen molar-refractivity contribution in [1.29, 1.82) is 0 Å². The number of carbonyl (C=O) groups excluding carboxylic acids is 1. The van der Waals surface area contributed by atoms with Crippen LogP contribution in [0.3, 0.4) is 0 Å². The molecule has 0 saturated heterocycles. The van der Waals surface area contributed by atoms with E-state index >= 15 is 4.39 Å². The number of pyridine rings is 1. The highest BCUT2D eigenvalue weighted by Crippen LogP contribution is 2.40. The third-order valence-electron chi connectivity index (χ3n) is 7.08. The maximum atomic E-state index is 15.2. The minimum Gasteiger partial charge on any atom is -0.465 e. The van der Waals surface area contributed by atoms with Crippen molar-refractivity contribution in [2.24, 2.45) is 0 Å². The van der Waals surface area contributed by atoms with E-state index in [0.717, 1.165) is 58.4 Å². The molecule has 0 spiro atoms. The van der Waals surface area contributed by atoms with Crippen LogP contribution in [0.2, 0.25) is 30.7 Å². The lowest BCUT2D eigenvalue weighted by Gasteiger charge is -2.17. The molecule has 1 unspecified atom stereocenters. The second kappa shape index (κ2) is 11.4. The Morgan fingerprint density at radius 1 is 1.27 bits per heavy atom. The standard InChI is InChI=1S/C29H32ClFN4O3SSi/c1-37-29(36)27-25(31)22(15-39-27)24-14-35(16-38-9-10-40(2,3)4)28(34-24)20-7-5-17-11-18(13-33-26(17)20)21-12-19(30)6-8-23(21)32/h6,8,11-15,20H,5,7,9-10,16,32H2,1-4H3. The van der Waals surface area contributed by atoms with Gasteiger partial charge in [0.2, 0.25) is 0 Å². The minimum atomic E-state index is -1.26. The lowest BCUT2D eigenvalue weighted by molar-refractivity contribution is 0.0601. The maximum absolute atomic E-state index is 15.2. The molecular formula is C29H32ClFN4O3SSi. The van der Waals surface area contributed by atoms with E-state index in [9.17, 15) is 4.79 Å². The Labute approximate surface area is 243 Å². The Bertz CT molecular complexity index is 1570. The van der Waals surface area contributed by atoms with Crippen LogP contribution < -0.4 is 5.73 Å². The third-order valence-corrected chi connectivity index (χ3v) is 9.96. The topological polar surface area (TPSA) is 92.3 Å². The fourth-order valence-electron chi connectivity index (χ4n) is 4.88. The Hall–Kier alpha value is -3.05. The SMILES string of the molecule is COC(=O)c1scc(-c2cn(COCC[Si](C)(C)C)c(C3CCc4cc(-c5cc(Cl)ccc5N)cnc43)n2)c1F. The highest BCUT2D eigenvalue weighted by atomic mass is 35.5. The molecule has 1 aromatic carbocycles. The van der Waals surface area contributed by atoms with Gasteiger partial charge >= 0.3 is 5.97 Å². The number of halogens is 2. The van der Waals surface area contributed by atoms with Crippen molar-refractivity contribution >= 4 is 42.7 Å². The number of hydrogen-bond donors (Lipinski definition) is 1. The Morgan fingerprint density at radius 3 is 2.83 bits per heavy atom. The number of benzene rings is 1. The molecule has 0 aliphatic heterocycles. The van der Waals surface area contributed by atoms with Gasteiger partial charge in [-0.15, -0.1) is 11.3 Å². The van der Waals surface area contributed by atoms with Gasteiger partial charge in [-0.2, -0.15) is 0 Å². The molecule has 1 aliphatic rings. The summed E-state index contributed by atoms with van der Waals surface area (Å²) in [5, 5.41) is 2.22. The number of esters is 1. The molecule has 40 heavy (non-hydrogen) atoms. The molecule has 3 heterocycles. The summed E-state index contributed by atoms with van der Waals surface area (Å²) in [7, 11) is -0.0203. The molecule has 1 aliphatic carbocycles. The van der Waals surface area contributed by atoms with Crippen LogP contribution in [0.25, 0.3) is 22.4 Å². The molecule has 0 radical (unpaired) electrons. The summed E-state index contributed by atoms with van der Waals surface area (Å²) in [5.74, 6) is -0.652. The van der Waals surface area contributed by atoms with Crippen LogP contribution in [0.15, 0.2) is 42.0 Å². The minimum absolute atomic E-state index is 0.0688. The molecular weight excluding hydrogens is 567 g/mol. The second-order valence-corrected chi connectivity index (χ2v) is 18.1. The number of hydrogen-bond acceptors (Lipinski definition) is 7. The summed E-state index contributed by atoms with van der Waals surface area (Å²) in [6.07, 6.45) is 5.25. The van der Waals surface area contributed by atoms with E-state index in [1.54, 1.807) is 23.7 Å². The molecule has 0 bridgehead atoms. The molecule has 1 atom stereocenters. The monoisotopic (exact) mass is 598 g/mol. The predicted octanol–water partition coefficient (Wildman–Crippen LogP) is 7.23. The summed E-state index contributed by atoms with van der Waals surface area (Å²) in [6, 6.07) is 8.56. The second-order valence-electron chi connectivity index (χ2n) is 11.2. The van der Waals surface area contributed by atoms with Crippen molar-refractivity contribution < 1.29 is 18.7 Å². The van der Waals surface area contributed by atoms with Crippen molar-refractivity contribution in [3.05, 3.63) is 74.8 Å². The van der Waals surface area contributed by atoms with Crippen LogP contribution in [-0.2, 0) is 22.6 Å². The van der Waals surface area contributed by atoms with E-state index < -0.39 is 19.9 Å². The molecule has 7 nitrogen and oxygen atoms in total. The number of fused-ring (bicyclic) bond motifs is 1. The quantitative estimate of drug-likeness (QED) is 0.0946. The van der Waals surface area contributed by atoms with Crippen molar-refractivity contribution in [3.63, 3.8) is 0 Å². The zero-order valence-corrected chi connectivity index (χ0v) is 25.5. The summed E-state index contributed by atoms with van der Waals surface area (Å²) >= 11 is 7.23. The molecule has 4 aromatic rings. The third kappa shape index (κ3) is 5.85. The van der Waals surface area contributed by atoms with Crippen molar-refractivity contribution in [2.75, 3.05) is 19.5 Å². The molecule has 5 rings (SSSR count). The van der Waals surface area contributed by atoms with Gasteiger partial charge < -0.3 is 19.8 Å². The van der Waals surface area contributed by atoms with Gasteiger partial charge in [-0.25, -0.2) is 14.2 Å². The molecule has 11 heteroatoms. The van der Waals surface area contributed by atoms with Crippen LogP contribution in [0.4, 0.5) is 10.1 Å². The van der Waals surface area contributed by atoms with Gasteiger partial charge in [0.25, 0.3) is 0 Å². The average Bonchev–Trinajstić information content (AvgIpc) is 3.63. The van der Waals surface area contributed by atoms with Crippen LogP contribution in [0.1, 0.15) is 39.1 Å². The smallest absolute Gasteiger partial charge is 0.351 e. The molecule has 3 aromatic heterocycles. The number of rotatable bonds is 9. The zero-order chi connectivity index (χ0) is 28.6. The van der Waals surface area contributed by atoms with Crippen LogP contribution in [-0.4, -0.2) is 42.3 Å². The van der Waals surface area contributed by atoms with Crippen LogP contribution in [0, 0.1) is 5.82 Å². The number of aromatic nitrogens is 3. The maximum Gasteiger partial charge on any atom is 0.351 e. The lowest BCUT2D eigenvalue weighted by Crippen LogP contribution is -2.22. The van der Waals surface area contributed by atoms with Gasteiger partial charge in [0.15, 0.2) is 5.82 Å². The van der Waals surface area contributed by atoms with E-state index in [0.29, 0.717) is 29.7 Å². The highest BCUT2D eigenvalue weighted by molar-refractivity contribution is 7.12. The number of imidazole rings is 1. The largest absolute Gasteiger partial charge is 0.465 e. The lowest BCUT2D eigenvalue weighted by atomic mass is 10.0. The van der Waals surface area contributed by atoms with Crippen LogP contribution in [0.5, 0.6) is 0 Å². The number of nitrogen functional groups attached to an aromatic ring is 1. The summed E-state index contributed by atoms with van der Waals surface area (Å²) in [6.45, 7) is 7.86. The zero-order valence-electron chi connectivity index (χ0n) is 23.0. The number of anilines is 1. The van der Waals surface area contributed by atoms with E-state index in [-0.39, 0.29) is 16.4 Å². The Balaban J connectivity index is 1.49. The first-order valence-corrected chi connectivity index (χ1v) is 18.1. The molecule has 0 saturated carbocycles. The molecule has 210 valence electrons. The van der Waals surface area contributed by atoms with Gasteiger partial charge in [0.05, 0.1) is 24.4 Å². The number of aryl methyl sites for hydroxylation is 1. The summed E-state index contributed by atoms with van der Waals surface area (Å²) < 4.78 is 28.0. The first-order chi connectivity index (χ1) is 19.1. The van der Waals surface area contributed by atoms with Crippen molar-refractivity contribution in [1.82, 2.24) is 14.5 Å². The van der Waals surface area contributed by atoms with Gasteiger partial charge in [-0.1, -0.05) is 31.2 Å². The number of thiophene rings is 1. The van der Waals surface area contributed by atoms with Gasteiger partial charge in [0, 0.05) is 59.9 Å². The predicted molar refractivity (Wildman–Crippen MR) is 160 cm³/mol. The van der Waals surface area contributed by atoms with E-state index in [1.807, 2.05) is 16.8 Å². The van der Waals surface area contributed by atoms with Crippen molar-refractivity contribution in [3.8, 4) is 22.4 Å². The van der Waals surface area contributed by atoms with Crippen molar-refractivity contribution in [2.45, 2.75) is 51.2 Å². The van der Waals surface area contributed by atoms with Crippen LogP contribution >= 0.6 is 22.9 Å². The highest BCUT2D eigenvalue weighted by Gasteiger charge is 2.31. The van der Waals surface area contributed by atoms with Gasteiger partial charge in [0.1, 0.15) is 17.4 Å². The summed E-state index contributed by atoms with van der Waals surface area (Å²) in [4.78, 5) is 21.7. The first kappa shape index (κ1) is 28.5. The average molecular weight is 599 g/mol. The Kier molecular flexibility index (Phi) is 8.14. The van der Waals surface area contributed by atoms with E-state index in [2.05, 4.69) is 25.7 Å². The normalized spacial score (nSPS) is 14.9. The van der Waals surface area contributed by atoms with Gasteiger partial charge in [-0.05, 0) is 48.7 Å². The van der Waals surface area contributed by atoms with Gasteiger partial charge in [-0.3, -0.25) is 4.98 Å². The fourth-order valence-corrected chi connectivity index (χ4v) is 6.66. The molecule has 0 fully saturated rings. The Morgan fingerprint density at radius 2 is 2.08 bits per heavy atom.